The van der Waals surface area contributed by atoms with Crippen LogP contribution in [0.5, 0.6) is 0 Å². The lowest BCUT2D eigenvalue weighted by molar-refractivity contribution is -0.123. The monoisotopic (exact) mass is 447 g/mol. The van der Waals surface area contributed by atoms with Gasteiger partial charge >= 0.3 is 6.03 Å². The molecule has 1 unspecified atom stereocenters. The van der Waals surface area contributed by atoms with E-state index in [0.29, 0.717) is 24.5 Å². The number of amides is 3. The number of aryl methyl sites for hydroxylation is 1. The predicted molar refractivity (Wildman–Crippen MR) is 125 cm³/mol. The Morgan fingerprint density at radius 2 is 1.84 bits per heavy atom. The molecule has 0 saturated carbocycles. The summed E-state index contributed by atoms with van der Waals surface area (Å²) in [5.41, 5.74) is 4.15. The van der Waals surface area contributed by atoms with E-state index in [-0.39, 0.29) is 17.8 Å². The summed E-state index contributed by atoms with van der Waals surface area (Å²) in [5, 5.41) is 2.93. The zero-order valence-corrected chi connectivity index (χ0v) is 18.4. The molecule has 5 nitrogen and oxygen atoms in total. The third kappa shape index (κ3) is 3.33. The quantitative estimate of drug-likeness (QED) is 0.607. The van der Waals surface area contributed by atoms with Crippen molar-refractivity contribution in [1.29, 1.82) is 0 Å². The topological polar surface area (TPSA) is 52.7 Å². The summed E-state index contributed by atoms with van der Waals surface area (Å²) in [6.07, 6.45) is 0. The van der Waals surface area contributed by atoms with Crippen LogP contribution in [0, 0.1) is 12.7 Å². The van der Waals surface area contributed by atoms with Crippen LogP contribution in [0.3, 0.4) is 0 Å². The Kier molecular flexibility index (Phi) is 5.13. The minimum Gasteiger partial charge on any atom is -0.308 e. The van der Waals surface area contributed by atoms with Crippen molar-refractivity contribution >= 4 is 35.1 Å². The first-order valence-corrected chi connectivity index (χ1v) is 11.4. The van der Waals surface area contributed by atoms with E-state index in [2.05, 4.69) is 5.32 Å². The van der Waals surface area contributed by atoms with Crippen molar-refractivity contribution in [3.05, 3.63) is 95.3 Å². The highest BCUT2D eigenvalue weighted by atomic mass is 32.2. The summed E-state index contributed by atoms with van der Waals surface area (Å²) in [6, 6.07) is 21.0. The van der Waals surface area contributed by atoms with E-state index < -0.39 is 4.87 Å². The number of rotatable bonds is 3. The molecule has 5 rings (SSSR count). The van der Waals surface area contributed by atoms with Crippen LogP contribution in [-0.4, -0.2) is 29.1 Å². The van der Waals surface area contributed by atoms with Gasteiger partial charge in [0.05, 0.1) is 12.2 Å². The van der Waals surface area contributed by atoms with Crippen molar-refractivity contribution in [2.24, 2.45) is 0 Å². The molecule has 1 saturated heterocycles. The summed E-state index contributed by atoms with van der Waals surface area (Å²) in [5.74, 6) is 0.198. The normalized spacial score (nSPS) is 19.5. The lowest BCUT2D eigenvalue weighted by atomic mass is 10.0. The van der Waals surface area contributed by atoms with Crippen LogP contribution in [0.25, 0.3) is 0 Å². The summed E-state index contributed by atoms with van der Waals surface area (Å²) >= 11 is 1.49. The maximum atomic E-state index is 13.9. The van der Waals surface area contributed by atoms with Crippen LogP contribution in [0.15, 0.2) is 72.8 Å². The van der Waals surface area contributed by atoms with E-state index in [0.717, 1.165) is 22.4 Å². The fourth-order valence-electron chi connectivity index (χ4n) is 4.37. The first kappa shape index (κ1) is 20.6. The molecule has 0 aliphatic carbocycles. The van der Waals surface area contributed by atoms with E-state index >= 15 is 0 Å². The second-order valence-corrected chi connectivity index (χ2v) is 9.27. The molecule has 7 heteroatoms. The molecule has 1 fully saturated rings. The van der Waals surface area contributed by atoms with E-state index in [1.807, 2.05) is 55.5 Å². The van der Waals surface area contributed by atoms with Crippen LogP contribution in [-0.2, 0) is 16.2 Å². The highest BCUT2D eigenvalue weighted by molar-refractivity contribution is 8.01. The molecule has 0 aromatic heterocycles. The molecule has 2 heterocycles. The summed E-state index contributed by atoms with van der Waals surface area (Å²) < 4.78 is 13.4. The molecule has 162 valence electrons. The molecule has 3 aromatic carbocycles. The first-order valence-electron chi connectivity index (χ1n) is 10.4. The van der Waals surface area contributed by atoms with E-state index in [9.17, 15) is 14.0 Å². The Balaban J connectivity index is 1.53. The summed E-state index contributed by atoms with van der Waals surface area (Å²) in [7, 11) is 0. The Morgan fingerprint density at radius 3 is 2.59 bits per heavy atom. The third-order valence-corrected chi connectivity index (χ3v) is 7.29. The van der Waals surface area contributed by atoms with Crippen LogP contribution in [0.4, 0.5) is 20.6 Å². The van der Waals surface area contributed by atoms with Gasteiger partial charge in [-0.25, -0.2) is 9.18 Å². The van der Waals surface area contributed by atoms with Gasteiger partial charge in [0, 0.05) is 23.5 Å². The van der Waals surface area contributed by atoms with Gasteiger partial charge in [0.25, 0.3) is 5.91 Å². The van der Waals surface area contributed by atoms with Crippen molar-refractivity contribution in [3.8, 4) is 0 Å². The van der Waals surface area contributed by atoms with Gasteiger partial charge in [0.1, 0.15) is 5.82 Å². The molecule has 3 amide bonds. The van der Waals surface area contributed by atoms with Gasteiger partial charge in [-0.3, -0.25) is 9.69 Å². The molecule has 2 aliphatic heterocycles. The Morgan fingerprint density at radius 1 is 1.09 bits per heavy atom. The van der Waals surface area contributed by atoms with E-state index in [1.54, 1.807) is 21.9 Å². The van der Waals surface area contributed by atoms with Crippen LogP contribution >= 0.6 is 11.8 Å². The van der Waals surface area contributed by atoms with Crippen molar-refractivity contribution in [2.45, 2.75) is 18.3 Å². The molecule has 0 bridgehead atoms. The number of urea groups is 1. The standard InChI is InChI=1S/C25H22FN3O2S/c1-17-7-12-22-21(15-17)25(23(30)28(22)16-18-8-10-19(26)11-9-18)29(13-14-32-25)24(31)27-20-5-3-2-4-6-20/h2-12,15H,13-14,16H2,1H3,(H,27,31). The minimum absolute atomic E-state index is 0.145. The largest absolute Gasteiger partial charge is 0.323 e. The second kappa shape index (κ2) is 7.98. The number of thioether (sulfide) groups is 1. The smallest absolute Gasteiger partial charge is 0.308 e. The fourth-order valence-corrected chi connectivity index (χ4v) is 5.82. The molecule has 3 aromatic rings. The number of halogens is 1. The number of para-hydroxylation sites is 1. The average Bonchev–Trinajstić information content (AvgIpc) is 3.33. The van der Waals surface area contributed by atoms with Gasteiger partial charge in [0.2, 0.25) is 0 Å². The highest BCUT2D eigenvalue weighted by Gasteiger charge is 2.59. The van der Waals surface area contributed by atoms with Crippen molar-refractivity contribution in [1.82, 2.24) is 4.90 Å². The van der Waals surface area contributed by atoms with Gasteiger partial charge in [-0.1, -0.05) is 48.0 Å². The van der Waals surface area contributed by atoms with Gasteiger partial charge in [-0.15, -0.1) is 11.8 Å². The van der Waals surface area contributed by atoms with Crippen molar-refractivity contribution < 1.29 is 14.0 Å². The van der Waals surface area contributed by atoms with Gasteiger partial charge in [0.15, 0.2) is 4.87 Å². The second-order valence-electron chi connectivity index (χ2n) is 7.98. The number of benzene rings is 3. The molecule has 1 N–H and O–H groups in total. The van der Waals surface area contributed by atoms with Crippen molar-refractivity contribution in [3.63, 3.8) is 0 Å². The molecule has 1 atom stereocenters. The number of nitrogens with one attached hydrogen (secondary N) is 1. The number of hydrogen-bond acceptors (Lipinski definition) is 3. The Hall–Kier alpha value is -3.32. The van der Waals surface area contributed by atoms with Crippen LogP contribution < -0.4 is 10.2 Å². The molecule has 0 radical (unpaired) electrons. The first-order chi connectivity index (χ1) is 15.5. The lowest BCUT2D eigenvalue weighted by Gasteiger charge is -2.33. The van der Waals surface area contributed by atoms with Crippen LogP contribution in [0.1, 0.15) is 16.7 Å². The summed E-state index contributed by atoms with van der Waals surface area (Å²) in [4.78, 5) is 29.5. The molecule has 32 heavy (non-hydrogen) atoms. The predicted octanol–water partition coefficient (Wildman–Crippen LogP) is 5.11. The third-order valence-electron chi connectivity index (χ3n) is 5.87. The Bertz CT molecular complexity index is 1190. The number of nitrogens with zero attached hydrogens (tertiary/aromatic N) is 2. The lowest BCUT2D eigenvalue weighted by Crippen LogP contribution is -2.51. The highest BCUT2D eigenvalue weighted by Crippen LogP contribution is 2.54. The molecular weight excluding hydrogens is 425 g/mol. The van der Waals surface area contributed by atoms with Crippen molar-refractivity contribution in [2.75, 3.05) is 22.5 Å². The molecule has 2 aliphatic rings. The number of carbonyl (C=O) groups excluding carboxylic acids is 2. The van der Waals surface area contributed by atoms with Gasteiger partial charge in [-0.05, 0) is 42.8 Å². The van der Waals surface area contributed by atoms with Gasteiger partial charge in [-0.2, -0.15) is 0 Å². The molecule has 1 spiro atoms. The van der Waals surface area contributed by atoms with Crippen LogP contribution in [0.2, 0.25) is 0 Å². The maximum absolute atomic E-state index is 13.9. The minimum atomic E-state index is -1.11. The maximum Gasteiger partial charge on any atom is 0.323 e. The average molecular weight is 448 g/mol. The fraction of sp³-hybridized carbons (Fsp3) is 0.200. The number of hydrogen-bond donors (Lipinski definition) is 1. The van der Waals surface area contributed by atoms with Gasteiger partial charge < -0.3 is 10.2 Å². The Labute approximate surface area is 190 Å². The number of anilines is 2. The molecular formula is C25H22FN3O2S. The number of fused-ring (bicyclic) bond motifs is 2. The van der Waals surface area contributed by atoms with E-state index in [4.69, 9.17) is 0 Å². The zero-order valence-electron chi connectivity index (χ0n) is 17.5. The van der Waals surface area contributed by atoms with E-state index in [1.165, 1.54) is 23.9 Å². The SMILES string of the molecule is Cc1ccc2c(c1)C1(SCCN1C(=O)Nc1ccccc1)C(=O)N2Cc1ccc(F)cc1. The zero-order chi connectivity index (χ0) is 22.3. The number of carbonyl (C=O) groups is 2. The summed E-state index contributed by atoms with van der Waals surface area (Å²) in [6.45, 7) is 2.76.